The molecule has 24 heavy (non-hydrogen) atoms. The van der Waals surface area contributed by atoms with Crippen LogP contribution in [0.2, 0.25) is 0 Å². The Morgan fingerprint density at radius 2 is 1.25 bits per heavy atom. The van der Waals surface area contributed by atoms with Crippen LogP contribution in [0.1, 0.15) is 79.0 Å². The van der Waals surface area contributed by atoms with Crippen molar-refractivity contribution in [3.8, 4) is 5.75 Å². The van der Waals surface area contributed by atoms with E-state index in [4.69, 9.17) is 4.18 Å². The predicted octanol–water partition coefficient (Wildman–Crippen LogP) is 2.82. The first-order valence-corrected chi connectivity index (χ1v) is 10.7. The molecule has 5 heteroatoms. The molecule has 0 aliphatic heterocycles. The molecule has 0 aromatic heterocycles. The second-order valence-electron chi connectivity index (χ2n) is 6.19. The van der Waals surface area contributed by atoms with Crippen molar-refractivity contribution < 1.29 is 65.4 Å². The van der Waals surface area contributed by atoms with Crippen molar-refractivity contribution in [2.75, 3.05) is 5.75 Å². The van der Waals surface area contributed by atoms with E-state index < -0.39 is 10.1 Å². The Kier molecular flexibility index (Phi) is 16.2. The zero-order valence-electron chi connectivity index (χ0n) is 16.5. The molecule has 0 aliphatic carbocycles. The largest absolute Gasteiger partial charge is 1.00 e. The van der Waals surface area contributed by atoms with Gasteiger partial charge in [0.1, 0.15) is 5.75 Å². The van der Waals surface area contributed by atoms with E-state index in [1.807, 2.05) is 6.07 Å². The van der Waals surface area contributed by atoms with Gasteiger partial charge in [-0.3, -0.25) is 0 Å². The molecule has 0 aliphatic rings. The first kappa shape index (κ1) is 24.6. The molecule has 0 saturated heterocycles. The van der Waals surface area contributed by atoms with Crippen molar-refractivity contribution in [2.45, 2.75) is 77.6 Å². The van der Waals surface area contributed by atoms with Crippen molar-refractivity contribution in [3.63, 3.8) is 0 Å². The second kappa shape index (κ2) is 15.8. The van der Waals surface area contributed by atoms with Crippen LogP contribution in [0.4, 0.5) is 0 Å². The van der Waals surface area contributed by atoms with Gasteiger partial charge in [-0.05, 0) is 18.6 Å². The normalized spacial score (nSPS) is 11.0. The molecule has 0 spiro atoms. The number of para-hydroxylation sites is 1. The molecule has 0 bridgehead atoms. The number of hydrogen-bond acceptors (Lipinski definition) is 3. The number of benzene rings is 1. The molecular weight excluding hydrogens is 347 g/mol. The second-order valence-corrected chi connectivity index (χ2v) is 7.88. The minimum atomic E-state index is -3.44. The summed E-state index contributed by atoms with van der Waals surface area (Å²) in [6.07, 6.45) is 13.3. The van der Waals surface area contributed by atoms with Crippen LogP contribution >= 0.6 is 0 Å². The van der Waals surface area contributed by atoms with Crippen molar-refractivity contribution in [2.24, 2.45) is 0 Å². The van der Waals surface area contributed by atoms with Crippen LogP contribution < -0.4 is 55.6 Å². The fourth-order valence-electron chi connectivity index (χ4n) is 2.61. The standard InChI is InChI=1S/C19H32O3S.K.H/c1-2-3-4-5-6-7-8-9-10-11-15-18-23(20,21)22-19-16-13-12-14-17-19;;/h12-14,16-17H,2-11,15,18H2,1H3;;/q;+1;-1. The number of unbranched alkanes of at least 4 members (excludes halogenated alkanes) is 10. The van der Waals surface area contributed by atoms with Gasteiger partial charge in [-0.15, -0.1) is 0 Å². The Morgan fingerprint density at radius 1 is 0.792 bits per heavy atom. The minimum absolute atomic E-state index is 0. The molecule has 1 rings (SSSR count). The Labute approximate surface area is 193 Å². The van der Waals surface area contributed by atoms with E-state index in [9.17, 15) is 8.42 Å². The van der Waals surface area contributed by atoms with E-state index in [1.54, 1.807) is 24.3 Å². The van der Waals surface area contributed by atoms with E-state index in [0.717, 1.165) is 12.8 Å². The van der Waals surface area contributed by atoms with Crippen molar-refractivity contribution in [1.82, 2.24) is 0 Å². The number of rotatable bonds is 14. The first-order chi connectivity index (χ1) is 11.1. The first-order valence-electron chi connectivity index (χ1n) is 9.11. The summed E-state index contributed by atoms with van der Waals surface area (Å²) >= 11 is 0. The maximum atomic E-state index is 11.8. The maximum absolute atomic E-state index is 11.8. The van der Waals surface area contributed by atoms with E-state index in [0.29, 0.717) is 12.2 Å². The van der Waals surface area contributed by atoms with Crippen LogP contribution in [-0.2, 0) is 10.1 Å². The van der Waals surface area contributed by atoms with E-state index in [1.165, 1.54) is 51.4 Å². The third kappa shape index (κ3) is 13.8. The average molecular weight is 381 g/mol. The van der Waals surface area contributed by atoms with E-state index >= 15 is 0 Å². The number of hydrogen-bond donors (Lipinski definition) is 0. The molecule has 0 N–H and O–H groups in total. The summed E-state index contributed by atoms with van der Waals surface area (Å²) in [5, 5.41) is 0. The molecule has 0 atom stereocenters. The van der Waals surface area contributed by atoms with Gasteiger partial charge in [-0.2, -0.15) is 8.42 Å². The zero-order valence-corrected chi connectivity index (χ0v) is 19.4. The smallest absolute Gasteiger partial charge is 1.00 e. The minimum Gasteiger partial charge on any atom is -1.00 e. The van der Waals surface area contributed by atoms with Crippen LogP contribution in [0, 0.1) is 0 Å². The SMILES string of the molecule is CCCCCCCCCCCCCS(=O)(=O)Oc1ccccc1.[H-].[K+]. The molecule has 0 radical (unpaired) electrons. The molecule has 0 unspecified atom stereocenters. The van der Waals surface area contributed by atoms with Gasteiger partial charge >= 0.3 is 61.5 Å². The Balaban J connectivity index is 0. The van der Waals surface area contributed by atoms with Gasteiger partial charge in [0.05, 0.1) is 5.75 Å². The summed E-state index contributed by atoms with van der Waals surface area (Å²) in [7, 11) is -3.44. The average Bonchev–Trinajstić information content (AvgIpc) is 2.53. The zero-order chi connectivity index (χ0) is 16.8. The quantitative estimate of drug-likeness (QED) is 0.283. The van der Waals surface area contributed by atoms with Gasteiger partial charge in [-0.25, -0.2) is 0 Å². The predicted molar refractivity (Wildman–Crippen MR) is 98.4 cm³/mol. The summed E-state index contributed by atoms with van der Waals surface area (Å²) in [6.45, 7) is 2.24. The van der Waals surface area contributed by atoms with Gasteiger partial charge in [0.25, 0.3) is 0 Å². The van der Waals surface area contributed by atoms with Gasteiger partial charge < -0.3 is 5.61 Å². The fraction of sp³-hybridized carbons (Fsp3) is 0.684. The maximum Gasteiger partial charge on any atom is 1.00 e. The summed E-state index contributed by atoms with van der Waals surface area (Å²) in [5.74, 6) is 0.509. The summed E-state index contributed by atoms with van der Waals surface area (Å²) in [4.78, 5) is 0. The van der Waals surface area contributed by atoms with Gasteiger partial charge in [0.2, 0.25) is 0 Å². The van der Waals surface area contributed by atoms with E-state index in [-0.39, 0.29) is 58.6 Å². The molecule has 0 heterocycles. The van der Waals surface area contributed by atoms with Crippen molar-refractivity contribution in [3.05, 3.63) is 30.3 Å². The Bertz CT molecular complexity index is 495. The van der Waals surface area contributed by atoms with Crippen molar-refractivity contribution >= 4 is 10.1 Å². The van der Waals surface area contributed by atoms with Crippen molar-refractivity contribution in [1.29, 1.82) is 0 Å². The molecular formula is C19H33KO3S. The van der Waals surface area contributed by atoms with Crippen LogP contribution in [0.25, 0.3) is 0 Å². The summed E-state index contributed by atoms with van der Waals surface area (Å²) in [6, 6.07) is 8.71. The molecule has 1 aromatic carbocycles. The van der Waals surface area contributed by atoms with Crippen LogP contribution in [-0.4, -0.2) is 14.2 Å². The third-order valence-corrected chi connectivity index (χ3v) is 5.20. The third-order valence-electron chi connectivity index (χ3n) is 3.96. The fourth-order valence-corrected chi connectivity index (χ4v) is 3.65. The van der Waals surface area contributed by atoms with Gasteiger partial charge in [-0.1, -0.05) is 89.3 Å². The van der Waals surface area contributed by atoms with Gasteiger partial charge in [0.15, 0.2) is 0 Å². The van der Waals surface area contributed by atoms with Crippen LogP contribution in [0.15, 0.2) is 30.3 Å². The Morgan fingerprint density at radius 3 is 1.75 bits per heavy atom. The van der Waals surface area contributed by atoms with Crippen LogP contribution in [0.3, 0.4) is 0 Å². The van der Waals surface area contributed by atoms with Crippen LogP contribution in [0.5, 0.6) is 5.75 Å². The summed E-state index contributed by atoms with van der Waals surface area (Å²) < 4.78 is 28.7. The molecule has 0 saturated carbocycles. The van der Waals surface area contributed by atoms with E-state index in [2.05, 4.69) is 6.92 Å². The monoisotopic (exact) mass is 380 g/mol. The molecule has 3 nitrogen and oxygen atoms in total. The topological polar surface area (TPSA) is 43.4 Å². The summed E-state index contributed by atoms with van der Waals surface area (Å²) in [5.41, 5.74) is 0. The Hall–Kier alpha value is 0.606. The molecule has 134 valence electrons. The molecule has 1 aromatic rings. The molecule has 0 fully saturated rings. The van der Waals surface area contributed by atoms with Gasteiger partial charge in [0, 0.05) is 0 Å². The molecule has 0 amide bonds.